The molecule has 0 bridgehead atoms. The Balaban J connectivity index is 2.14. The van der Waals surface area contributed by atoms with Gasteiger partial charge in [-0.25, -0.2) is 0 Å². The summed E-state index contributed by atoms with van der Waals surface area (Å²) >= 11 is 0. The van der Waals surface area contributed by atoms with Crippen molar-refractivity contribution in [2.45, 2.75) is 32.2 Å². The molecule has 0 aliphatic carbocycles. The van der Waals surface area contributed by atoms with Crippen LogP contribution in [0.1, 0.15) is 37.0 Å². The van der Waals surface area contributed by atoms with Crippen LogP contribution in [0.25, 0.3) is 0 Å². The third kappa shape index (κ3) is 1.72. The number of hydrogen-bond acceptors (Lipinski definition) is 4. The van der Waals surface area contributed by atoms with E-state index < -0.39 is 0 Å². The number of hydrogen-bond donors (Lipinski definition) is 0. The van der Waals surface area contributed by atoms with Gasteiger partial charge in [-0.2, -0.15) is 4.98 Å². The van der Waals surface area contributed by atoms with Crippen LogP contribution < -0.4 is 0 Å². The van der Waals surface area contributed by atoms with Gasteiger partial charge in [0.15, 0.2) is 5.82 Å². The minimum Gasteiger partial charge on any atom is -0.338 e. The van der Waals surface area contributed by atoms with Gasteiger partial charge in [-0.3, -0.25) is 4.90 Å². The summed E-state index contributed by atoms with van der Waals surface area (Å²) in [6.07, 6.45) is 3.68. The number of rotatable bonds is 1. The van der Waals surface area contributed by atoms with Crippen LogP contribution >= 0.6 is 0 Å². The number of likely N-dealkylation sites (tertiary alicyclic amines) is 1. The summed E-state index contributed by atoms with van der Waals surface area (Å²) in [7, 11) is 2.11. The molecule has 1 unspecified atom stereocenters. The summed E-state index contributed by atoms with van der Waals surface area (Å²) in [4.78, 5) is 6.55. The molecule has 0 amide bonds. The standard InChI is InChI=1S/C9H15N3O/c1-7-10-9(13-11-7)8-5-3-4-6-12(8)2/h8H,3-6H2,1-2H3. The van der Waals surface area contributed by atoms with E-state index in [0.717, 1.165) is 24.7 Å². The molecule has 2 rings (SSSR count). The van der Waals surface area contributed by atoms with E-state index in [9.17, 15) is 0 Å². The van der Waals surface area contributed by atoms with Gasteiger partial charge < -0.3 is 4.52 Å². The van der Waals surface area contributed by atoms with E-state index in [1.807, 2.05) is 6.92 Å². The Morgan fingerprint density at radius 2 is 2.31 bits per heavy atom. The number of aryl methyl sites for hydroxylation is 1. The van der Waals surface area contributed by atoms with E-state index in [-0.39, 0.29) is 0 Å². The highest BCUT2D eigenvalue weighted by atomic mass is 16.5. The molecule has 1 atom stereocenters. The highest BCUT2D eigenvalue weighted by Gasteiger charge is 2.25. The van der Waals surface area contributed by atoms with Crippen LogP contribution in [0, 0.1) is 6.92 Å². The first-order valence-electron chi connectivity index (χ1n) is 4.78. The number of aromatic nitrogens is 2. The molecule has 0 N–H and O–H groups in total. The maximum absolute atomic E-state index is 5.17. The van der Waals surface area contributed by atoms with Crippen LogP contribution in [0.15, 0.2) is 4.52 Å². The molecule has 4 heteroatoms. The molecule has 0 saturated carbocycles. The van der Waals surface area contributed by atoms with Gasteiger partial charge >= 0.3 is 0 Å². The average molecular weight is 181 g/mol. The van der Waals surface area contributed by atoms with Gasteiger partial charge in [0, 0.05) is 0 Å². The first-order valence-corrected chi connectivity index (χ1v) is 4.78. The first-order chi connectivity index (χ1) is 6.27. The Labute approximate surface area is 77.9 Å². The van der Waals surface area contributed by atoms with Gasteiger partial charge in [0.1, 0.15) is 0 Å². The zero-order valence-electron chi connectivity index (χ0n) is 8.16. The molecule has 1 aliphatic rings. The second-order valence-corrected chi connectivity index (χ2v) is 3.67. The van der Waals surface area contributed by atoms with Gasteiger partial charge in [0.25, 0.3) is 0 Å². The predicted octanol–water partition coefficient (Wildman–Crippen LogP) is 1.53. The molecular formula is C9H15N3O. The Bertz CT molecular complexity index is 284. The fraction of sp³-hybridized carbons (Fsp3) is 0.778. The van der Waals surface area contributed by atoms with Crippen LogP contribution in [0.2, 0.25) is 0 Å². The Hall–Kier alpha value is -0.900. The lowest BCUT2D eigenvalue weighted by Crippen LogP contribution is -2.29. The smallest absolute Gasteiger partial charge is 0.243 e. The molecule has 1 aromatic heterocycles. The van der Waals surface area contributed by atoms with Crippen molar-refractivity contribution in [1.82, 2.24) is 15.0 Å². The van der Waals surface area contributed by atoms with Crippen molar-refractivity contribution in [3.63, 3.8) is 0 Å². The molecule has 2 heterocycles. The van der Waals surface area contributed by atoms with E-state index >= 15 is 0 Å². The van der Waals surface area contributed by atoms with Crippen LogP contribution in [0.4, 0.5) is 0 Å². The van der Waals surface area contributed by atoms with Crippen molar-refractivity contribution in [3.8, 4) is 0 Å². The molecule has 0 aromatic carbocycles. The zero-order chi connectivity index (χ0) is 9.26. The Morgan fingerprint density at radius 3 is 2.92 bits per heavy atom. The normalized spacial score (nSPS) is 24.9. The monoisotopic (exact) mass is 181 g/mol. The van der Waals surface area contributed by atoms with Crippen molar-refractivity contribution in [2.75, 3.05) is 13.6 Å². The number of piperidine rings is 1. The van der Waals surface area contributed by atoms with Crippen LogP contribution in [0.5, 0.6) is 0 Å². The second-order valence-electron chi connectivity index (χ2n) is 3.67. The van der Waals surface area contributed by atoms with Crippen molar-refractivity contribution in [2.24, 2.45) is 0 Å². The Morgan fingerprint density at radius 1 is 1.46 bits per heavy atom. The van der Waals surface area contributed by atoms with Gasteiger partial charge in [0.2, 0.25) is 5.89 Å². The summed E-state index contributed by atoms with van der Waals surface area (Å²) in [5.74, 6) is 1.51. The molecule has 13 heavy (non-hydrogen) atoms. The van der Waals surface area contributed by atoms with Crippen molar-refractivity contribution >= 4 is 0 Å². The van der Waals surface area contributed by atoms with Crippen molar-refractivity contribution in [1.29, 1.82) is 0 Å². The molecule has 0 radical (unpaired) electrons. The summed E-state index contributed by atoms with van der Waals surface area (Å²) in [6.45, 7) is 2.99. The lowest BCUT2D eigenvalue weighted by Gasteiger charge is -2.29. The third-order valence-electron chi connectivity index (χ3n) is 2.60. The molecular weight excluding hydrogens is 166 g/mol. The SMILES string of the molecule is Cc1noc(C2CCCCN2C)n1. The molecule has 0 spiro atoms. The second kappa shape index (κ2) is 3.46. The highest BCUT2D eigenvalue weighted by Crippen LogP contribution is 2.27. The molecule has 72 valence electrons. The van der Waals surface area contributed by atoms with Crippen molar-refractivity contribution < 1.29 is 4.52 Å². The molecule has 1 aliphatic heterocycles. The van der Waals surface area contributed by atoms with Gasteiger partial charge in [-0.05, 0) is 33.4 Å². The highest BCUT2D eigenvalue weighted by molar-refractivity contribution is 4.93. The molecule has 1 fully saturated rings. The zero-order valence-corrected chi connectivity index (χ0v) is 8.16. The van der Waals surface area contributed by atoms with Gasteiger partial charge in [-0.15, -0.1) is 0 Å². The summed E-state index contributed by atoms with van der Waals surface area (Å²) in [6, 6.07) is 0.343. The van der Waals surface area contributed by atoms with Crippen LogP contribution in [-0.2, 0) is 0 Å². The molecule has 1 aromatic rings. The number of nitrogens with zero attached hydrogens (tertiary/aromatic N) is 3. The minimum atomic E-state index is 0.343. The van der Waals surface area contributed by atoms with Crippen LogP contribution in [0.3, 0.4) is 0 Å². The van der Waals surface area contributed by atoms with Crippen molar-refractivity contribution in [3.05, 3.63) is 11.7 Å². The predicted molar refractivity (Wildman–Crippen MR) is 48.3 cm³/mol. The fourth-order valence-corrected chi connectivity index (χ4v) is 1.84. The topological polar surface area (TPSA) is 42.2 Å². The van der Waals surface area contributed by atoms with E-state index in [0.29, 0.717) is 6.04 Å². The lowest BCUT2D eigenvalue weighted by molar-refractivity contribution is 0.150. The van der Waals surface area contributed by atoms with Gasteiger partial charge in [0.05, 0.1) is 6.04 Å². The summed E-state index contributed by atoms with van der Waals surface area (Å²) in [5, 5.41) is 3.81. The quantitative estimate of drug-likeness (QED) is 0.659. The molecule has 4 nitrogen and oxygen atoms in total. The van der Waals surface area contributed by atoms with Crippen LogP contribution in [-0.4, -0.2) is 28.6 Å². The van der Waals surface area contributed by atoms with E-state index in [1.165, 1.54) is 12.8 Å². The maximum Gasteiger partial charge on any atom is 0.243 e. The summed E-state index contributed by atoms with van der Waals surface area (Å²) < 4.78 is 5.17. The summed E-state index contributed by atoms with van der Waals surface area (Å²) in [5.41, 5.74) is 0. The fourth-order valence-electron chi connectivity index (χ4n) is 1.84. The molecule has 1 saturated heterocycles. The average Bonchev–Trinajstić information content (AvgIpc) is 2.53. The third-order valence-corrected chi connectivity index (χ3v) is 2.60. The van der Waals surface area contributed by atoms with Gasteiger partial charge in [-0.1, -0.05) is 11.6 Å². The van der Waals surface area contributed by atoms with E-state index in [4.69, 9.17) is 4.52 Å². The minimum absolute atomic E-state index is 0.343. The van der Waals surface area contributed by atoms with E-state index in [1.54, 1.807) is 0 Å². The lowest BCUT2D eigenvalue weighted by atomic mass is 10.0. The first kappa shape index (κ1) is 8.69. The van der Waals surface area contributed by atoms with E-state index in [2.05, 4.69) is 22.1 Å². The largest absolute Gasteiger partial charge is 0.338 e. The maximum atomic E-state index is 5.17. The Kier molecular flexibility index (Phi) is 2.31.